The van der Waals surface area contributed by atoms with Gasteiger partial charge >= 0.3 is 0 Å². The van der Waals surface area contributed by atoms with Gasteiger partial charge in [-0.15, -0.1) is 0 Å². The SMILES string of the molecule is CC1CCc2ccccc2N1CC(=O)Nc1ccc(Br)cn1. The molecule has 0 aliphatic carbocycles. The first-order valence-electron chi connectivity index (χ1n) is 7.39. The molecule has 0 bridgehead atoms. The van der Waals surface area contributed by atoms with Crippen molar-refractivity contribution < 1.29 is 4.79 Å². The zero-order chi connectivity index (χ0) is 15.5. The minimum Gasteiger partial charge on any atom is -0.359 e. The Morgan fingerprint density at radius 2 is 2.18 bits per heavy atom. The van der Waals surface area contributed by atoms with Gasteiger partial charge in [-0.2, -0.15) is 0 Å². The molecule has 114 valence electrons. The smallest absolute Gasteiger partial charge is 0.245 e. The summed E-state index contributed by atoms with van der Waals surface area (Å²) < 4.78 is 0.893. The number of nitrogens with one attached hydrogen (secondary N) is 1. The number of amides is 1. The highest BCUT2D eigenvalue weighted by molar-refractivity contribution is 9.10. The van der Waals surface area contributed by atoms with Gasteiger partial charge in [-0.1, -0.05) is 18.2 Å². The van der Waals surface area contributed by atoms with Gasteiger partial charge in [0.1, 0.15) is 5.82 Å². The second kappa shape index (κ2) is 6.48. The van der Waals surface area contributed by atoms with Crippen LogP contribution in [0.5, 0.6) is 0 Å². The Balaban J connectivity index is 1.72. The maximum Gasteiger partial charge on any atom is 0.245 e. The number of nitrogens with zero attached hydrogens (tertiary/aromatic N) is 2. The highest BCUT2D eigenvalue weighted by Gasteiger charge is 2.24. The molecule has 22 heavy (non-hydrogen) atoms. The minimum atomic E-state index is -0.0432. The van der Waals surface area contributed by atoms with Crippen molar-refractivity contribution in [1.82, 2.24) is 4.98 Å². The van der Waals surface area contributed by atoms with Crippen LogP contribution in [0, 0.1) is 0 Å². The van der Waals surface area contributed by atoms with Crippen LogP contribution in [-0.2, 0) is 11.2 Å². The number of carbonyl (C=O) groups is 1. The molecule has 5 heteroatoms. The Labute approximate surface area is 138 Å². The number of carbonyl (C=O) groups excluding carboxylic acids is 1. The molecular formula is C17H18BrN3O. The molecule has 1 unspecified atom stereocenters. The van der Waals surface area contributed by atoms with Crippen LogP contribution in [0.3, 0.4) is 0 Å². The summed E-state index contributed by atoms with van der Waals surface area (Å²) in [5, 5.41) is 2.86. The largest absolute Gasteiger partial charge is 0.359 e. The van der Waals surface area contributed by atoms with E-state index in [4.69, 9.17) is 0 Å². The third kappa shape index (κ3) is 3.30. The van der Waals surface area contributed by atoms with Crippen LogP contribution in [-0.4, -0.2) is 23.5 Å². The number of para-hydroxylation sites is 1. The number of benzene rings is 1. The van der Waals surface area contributed by atoms with Gasteiger partial charge in [-0.05, 0) is 59.5 Å². The number of fused-ring (bicyclic) bond motifs is 1. The van der Waals surface area contributed by atoms with Crippen molar-refractivity contribution in [1.29, 1.82) is 0 Å². The summed E-state index contributed by atoms with van der Waals surface area (Å²) in [4.78, 5) is 18.7. The number of aromatic nitrogens is 1. The van der Waals surface area contributed by atoms with Gasteiger partial charge in [0.05, 0.1) is 6.54 Å². The number of anilines is 2. The molecule has 2 heterocycles. The molecule has 3 rings (SSSR count). The van der Waals surface area contributed by atoms with Crippen LogP contribution >= 0.6 is 15.9 Å². The predicted octanol–water partition coefficient (Wildman–Crippen LogP) is 3.62. The van der Waals surface area contributed by atoms with E-state index in [1.807, 2.05) is 12.1 Å². The lowest BCUT2D eigenvalue weighted by atomic mass is 9.97. The van der Waals surface area contributed by atoms with Gasteiger partial charge in [-0.25, -0.2) is 4.98 Å². The Kier molecular flexibility index (Phi) is 4.43. The Hall–Kier alpha value is -1.88. The van der Waals surface area contributed by atoms with E-state index in [1.165, 1.54) is 11.3 Å². The summed E-state index contributed by atoms with van der Waals surface area (Å²) in [6.07, 6.45) is 3.82. The van der Waals surface area contributed by atoms with Crippen molar-refractivity contribution in [2.24, 2.45) is 0 Å². The van der Waals surface area contributed by atoms with E-state index in [9.17, 15) is 4.79 Å². The van der Waals surface area contributed by atoms with Crippen molar-refractivity contribution in [3.63, 3.8) is 0 Å². The Bertz CT molecular complexity index is 672. The normalized spacial score (nSPS) is 17.0. The maximum atomic E-state index is 12.3. The number of pyridine rings is 1. The van der Waals surface area contributed by atoms with Crippen LogP contribution in [0.4, 0.5) is 11.5 Å². The quantitative estimate of drug-likeness (QED) is 0.909. The van der Waals surface area contributed by atoms with Gasteiger partial charge in [-0.3, -0.25) is 4.79 Å². The van der Waals surface area contributed by atoms with Gasteiger partial charge in [0.25, 0.3) is 0 Å². The van der Waals surface area contributed by atoms with Crippen LogP contribution in [0.25, 0.3) is 0 Å². The van der Waals surface area contributed by atoms with E-state index in [0.717, 1.165) is 17.3 Å². The fourth-order valence-electron chi connectivity index (χ4n) is 2.79. The third-order valence-electron chi connectivity index (χ3n) is 3.97. The fourth-order valence-corrected chi connectivity index (χ4v) is 3.02. The van der Waals surface area contributed by atoms with Crippen LogP contribution in [0.1, 0.15) is 18.9 Å². The van der Waals surface area contributed by atoms with Crippen molar-refractivity contribution in [2.75, 3.05) is 16.8 Å². The molecule has 4 nitrogen and oxygen atoms in total. The first-order chi connectivity index (χ1) is 10.6. The summed E-state index contributed by atoms with van der Waals surface area (Å²) in [6.45, 7) is 2.51. The molecule has 0 saturated carbocycles. The van der Waals surface area contributed by atoms with E-state index < -0.39 is 0 Å². The molecule has 0 radical (unpaired) electrons. The molecule has 1 atom stereocenters. The molecular weight excluding hydrogens is 342 g/mol. The Morgan fingerprint density at radius 3 is 2.95 bits per heavy atom. The lowest BCUT2D eigenvalue weighted by Gasteiger charge is -2.36. The first-order valence-corrected chi connectivity index (χ1v) is 8.19. The number of rotatable bonds is 3. The van der Waals surface area contributed by atoms with E-state index in [1.54, 1.807) is 12.3 Å². The van der Waals surface area contributed by atoms with Crippen molar-refractivity contribution in [2.45, 2.75) is 25.8 Å². The topological polar surface area (TPSA) is 45.2 Å². The average Bonchev–Trinajstić information content (AvgIpc) is 2.52. The van der Waals surface area contributed by atoms with Crippen molar-refractivity contribution in [3.8, 4) is 0 Å². The zero-order valence-corrected chi connectivity index (χ0v) is 14.0. The molecule has 1 aromatic carbocycles. The third-order valence-corrected chi connectivity index (χ3v) is 4.44. The molecule has 0 spiro atoms. The zero-order valence-electron chi connectivity index (χ0n) is 12.4. The number of hydrogen-bond acceptors (Lipinski definition) is 3. The van der Waals surface area contributed by atoms with E-state index in [-0.39, 0.29) is 5.91 Å². The summed E-state index contributed by atoms with van der Waals surface area (Å²) in [5.74, 6) is 0.532. The van der Waals surface area contributed by atoms with Crippen molar-refractivity contribution >= 4 is 33.3 Å². The lowest BCUT2D eigenvalue weighted by molar-refractivity contribution is -0.115. The van der Waals surface area contributed by atoms with E-state index in [2.05, 4.69) is 56.3 Å². The van der Waals surface area contributed by atoms with Gasteiger partial charge in [0.2, 0.25) is 5.91 Å². The fraction of sp³-hybridized carbons (Fsp3) is 0.294. The van der Waals surface area contributed by atoms with Crippen molar-refractivity contribution in [3.05, 3.63) is 52.6 Å². The summed E-state index contributed by atoms with van der Waals surface area (Å²) in [5.41, 5.74) is 2.48. The molecule has 2 aromatic rings. The standard InChI is InChI=1S/C17H18BrN3O/c1-12-6-7-13-4-2-3-5-15(13)21(12)11-17(22)20-16-9-8-14(18)10-19-16/h2-5,8-10,12H,6-7,11H2,1H3,(H,19,20,22). The molecule has 1 N–H and O–H groups in total. The highest BCUT2D eigenvalue weighted by atomic mass is 79.9. The summed E-state index contributed by atoms with van der Waals surface area (Å²) in [6, 6.07) is 12.3. The predicted molar refractivity (Wildman–Crippen MR) is 92.1 cm³/mol. The summed E-state index contributed by atoms with van der Waals surface area (Å²) >= 11 is 3.33. The Morgan fingerprint density at radius 1 is 1.36 bits per heavy atom. The molecule has 1 amide bonds. The average molecular weight is 360 g/mol. The maximum absolute atomic E-state index is 12.3. The van der Waals surface area contributed by atoms with Crippen LogP contribution in [0.15, 0.2) is 47.1 Å². The van der Waals surface area contributed by atoms with Gasteiger partial charge < -0.3 is 10.2 Å². The van der Waals surface area contributed by atoms with E-state index >= 15 is 0 Å². The monoisotopic (exact) mass is 359 g/mol. The molecule has 1 aromatic heterocycles. The number of aryl methyl sites for hydroxylation is 1. The van der Waals surface area contributed by atoms with Crippen LogP contribution < -0.4 is 10.2 Å². The van der Waals surface area contributed by atoms with Crippen LogP contribution in [0.2, 0.25) is 0 Å². The van der Waals surface area contributed by atoms with Gasteiger partial charge in [0, 0.05) is 22.4 Å². The highest BCUT2D eigenvalue weighted by Crippen LogP contribution is 2.30. The number of halogens is 1. The van der Waals surface area contributed by atoms with Gasteiger partial charge in [0.15, 0.2) is 0 Å². The molecule has 1 aliphatic heterocycles. The molecule has 1 aliphatic rings. The first kappa shape index (κ1) is 15.0. The van der Waals surface area contributed by atoms with E-state index in [0.29, 0.717) is 18.4 Å². The molecule has 0 fully saturated rings. The molecule has 0 saturated heterocycles. The second-order valence-corrected chi connectivity index (χ2v) is 6.47. The minimum absolute atomic E-state index is 0.0432. The second-order valence-electron chi connectivity index (χ2n) is 5.55. The summed E-state index contributed by atoms with van der Waals surface area (Å²) in [7, 11) is 0. The lowest BCUT2D eigenvalue weighted by Crippen LogP contribution is -2.42. The number of hydrogen-bond donors (Lipinski definition) is 1.